The molecule has 3 rings (SSSR count). The van der Waals surface area contributed by atoms with Crippen molar-refractivity contribution in [3.05, 3.63) is 24.2 Å². The molecule has 2 aliphatic rings. The van der Waals surface area contributed by atoms with Crippen molar-refractivity contribution in [1.29, 1.82) is 0 Å². The minimum absolute atomic E-state index is 0.0374. The van der Waals surface area contributed by atoms with Gasteiger partial charge in [0.1, 0.15) is 11.8 Å². The number of furan rings is 1. The summed E-state index contributed by atoms with van der Waals surface area (Å²) in [5.41, 5.74) is 0. The first-order valence-electron chi connectivity index (χ1n) is 7.84. The number of carbonyl (C=O) groups excluding carboxylic acids is 2. The molecule has 1 saturated carbocycles. The van der Waals surface area contributed by atoms with E-state index in [0.717, 1.165) is 31.4 Å². The molecule has 0 aromatic carbocycles. The molecular weight excluding hydrogens is 268 g/mol. The monoisotopic (exact) mass is 290 g/mol. The van der Waals surface area contributed by atoms with Crippen LogP contribution in [0.1, 0.15) is 37.9 Å². The summed E-state index contributed by atoms with van der Waals surface area (Å²) >= 11 is 0. The number of nitrogens with one attached hydrogen (secondary N) is 1. The summed E-state index contributed by atoms with van der Waals surface area (Å²) in [6.45, 7) is 0.714. The molecule has 1 aliphatic carbocycles. The Morgan fingerprint density at radius 3 is 2.76 bits per heavy atom. The van der Waals surface area contributed by atoms with E-state index in [1.807, 2.05) is 12.1 Å². The Morgan fingerprint density at radius 2 is 2.05 bits per heavy atom. The van der Waals surface area contributed by atoms with E-state index >= 15 is 0 Å². The predicted octanol–water partition coefficient (Wildman–Crippen LogP) is 1.73. The van der Waals surface area contributed by atoms with Crippen LogP contribution in [-0.2, 0) is 16.0 Å². The molecule has 0 spiro atoms. The third-order valence-electron chi connectivity index (χ3n) is 4.56. The maximum Gasteiger partial charge on any atom is 0.245 e. The summed E-state index contributed by atoms with van der Waals surface area (Å²) in [7, 11) is 0. The molecule has 0 radical (unpaired) electrons. The Bertz CT molecular complexity index is 492. The van der Waals surface area contributed by atoms with Crippen LogP contribution in [0.25, 0.3) is 0 Å². The second-order valence-electron chi connectivity index (χ2n) is 6.03. The van der Waals surface area contributed by atoms with Gasteiger partial charge in [-0.1, -0.05) is 19.3 Å². The first-order valence-corrected chi connectivity index (χ1v) is 7.84. The van der Waals surface area contributed by atoms with E-state index in [1.165, 1.54) is 6.42 Å². The lowest BCUT2D eigenvalue weighted by atomic mass is 9.82. The van der Waals surface area contributed by atoms with Gasteiger partial charge in [0.15, 0.2) is 0 Å². The van der Waals surface area contributed by atoms with Crippen LogP contribution in [0.15, 0.2) is 22.8 Å². The van der Waals surface area contributed by atoms with E-state index in [-0.39, 0.29) is 24.4 Å². The number of nitrogens with zero attached hydrogens (tertiary/aromatic N) is 1. The molecule has 2 amide bonds. The van der Waals surface area contributed by atoms with Gasteiger partial charge in [-0.25, -0.2) is 0 Å². The van der Waals surface area contributed by atoms with Gasteiger partial charge < -0.3 is 14.6 Å². The number of piperazine rings is 1. The van der Waals surface area contributed by atoms with Gasteiger partial charge in [0.05, 0.1) is 12.8 Å². The lowest BCUT2D eigenvalue weighted by molar-refractivity contribution is -0.146. The minimum Gasteiger partial charge on any atom is -0.469 e. The molecular formula is C16H22N2O3. The van der Waals surface area contributed by atoms with E-state index in [9.17, 15) is 9.59 Å². The van der Waals surface area contributed by atoms with Crippen LogP contribution in [0.4, 0.5) is 0 Å². The van der Waals surface area contributed by atoms with Crippen LogP contribution in [0.2, 0.25) is 0 Å². The van der Waals surface area contributed by atoms with Crippen molar-refractivity contribution in [2.45, 2.75) is 44.6 Å². The molecule has 5 heteroatoms. The summed E-state index contributed by atoms with van der Waals surface area (Å²) < 4.78 is 5.29. The van der Waals surface area contributed by atoms with Crippen LogP contribution in [0.5, 0.6) is 0 Å². The third kappa shape index (κ3) is 3.28. The largest absolute Gasteiger partial charge is 0.469 e. The maximum atomic E-state index is 12.6. The molecule has 1 saturated heterocycles. The molecule has 1 N–H and O–H groups in total. The minimum atomic E-state index is -0.317. The highest BCUT2D eigenvalue weighted by Gasteiger charge is 2.37. The highest BCUT2D eigenvalue weighted by molar-refractivity contribution is 5.95. The summed E-state index contributed by atoms with van der Waals surface area (Å²) in [6, 6.07) is 3.42. The van der Waals surface area contributed by atoms with Crippen LogP contribution >= 0.6 is 0 Å². The standard InChI is InChI=1S/C16H22N2O3/c19-14-11-18(9-8-13-7-4-10-21-13)16(20)15(17-14)12-5-2-1-3-6-12/h4,7,10,12,15H,1-3,5-6,8-9,11H2,(H,17,19). The fraction of sp³-hybridized carbons (Fsp3) is 0.625. The van der Waals surface area contributed by atoms with Crippen molar-refractivity contribution in [3.8, 4) is 0 Å². The van der Waals surface area contributed by atoms with Crippen molar-refractivity contribution in [3.63, 3.8) is 0 Å². The van der Waals surface area contributed by atoms with Crippen molar-refractivity contribution in [2.24, 2.45) is 5.92 Å². The summed E-state index contributed by atoms with van der Waals surface area (Å²) in [5.74, 6) is 1.20. The third-order valence-corrected chi connectivity index (χ3v) is 4.56. The molecule has 1 unspecified atom stereocenters. The lowest BCUT2D eigenvalue weighted by Gasteiger charge is -2.37. The van der Waals surface area contributed by atoms with Crippen molar-refractivity contribution in [1.82, 2.24) is 10.2 Å². The zero-order valence-electron chi connectivity index (χ0n) is 12.2. The van der Waals surface area contributed by atoms with Gasteiger partial charge >= 0.3 is 0 Å². The summed E-state index contributed by atoms with van der Waals surface area (Å²) in [6.07, 6.45) is 7.95. The van der Waals surface area contributed by atoms with Crippen LogP contribution in [-0.4, -0.2) is 35.8 Å². The van der Waals surface area contributed by atoms with E-state index in [4.69, 9.17) is 4.42 Å². The predicted molar refractivity (Wildman–Crippen MR) is 77.5 cm³/mol. The Hall–Kier alpha value is -1.78. The molecule has 2 heterocycles. The molecule has 114 valence electrons. The van der Waals surface area contributed by atoms with Gasteiger partial charge in [0.25, 0.3) is 0 Å². The quantitative estimate of drug-likeness (QED) is 0.918. The topological polar surface area (TPSA) is 62.6 Å². The lowest BCUT2D eigenvalue weighted by Crippen LogP contribution is -2.60. The van der Waals surface area contributed by atoms with E-state index in [2.05, 4.69) is 5.32 Å². The normalized spacial score (nSPS) is 24.2. The van der Waals surface area contributed by atoms with Gasteiger partial charge in [-0.15, -0.1) is 0 Å². The number of amides is 2. The first-order chi connectivity index (χ1) is 10.2. The zero-order chi connectivity index (χ0) is 14.7. The molecule has 0 bridgehead atoms. The Kier molecular flexibility index (Phi) is 4.27. The Balaban J connectivity index is 1.63. The summed E-state index contributed by atoms with van der Waals surface area (Å²) in [4.78, 5) is 26.2. The smallest absolute Gasteiger partial charge is 0.245 e. The molecule has 1 aliphatic heterocycles. The molecule has 2 fully saturated rings. The molecule has 5 nitrogen and oxygen atoms in total. The van der Waals surface area contributed by atoms with E-state index in [1.54, 1.807) is 11.2 Å². The fourth-order valence-electron chi connectivity index (χ4n) is 3.41. The number of hydrogen-bond acceptors (Lipinski definition) is 3. The van der Waals surface area contributed by atoms with Crippen molar-refractivity contribution >= 4 is 11.8 Å². The SMILES string of the molecule is O=C1CN(CCc2ccco2)C(=O)C(C2CCCCC2)N1. The molecule has 1 aromatic heterocycles. The number of rotatable bonds is 4. The van der Waals surface area contributed by atoms with E-state index < -0.39 is 0 Å². The molecule has 21 heavy (non-hydrogen) atoms. The maximum absolute atomic E-state index is 12.6. The highest BCUT2D eigenvalue weighted by Crippen LogP contribution is 2.28. The number of carbonyl (C=O) groups is 2. The zero-order valence-corrected chi connectivity index (χ0v) is 12.2. The van der Waals surface area contributed by atoms with Crippen molar-refractivity contribution < 1.29 is 14.0 Å². The van der Waals surface area contributed by atoms with E-state index in [0.29, 0.717) is 18.9 Å². The fourth-order valence-corrected chi connectivity index (χ4v) is 3.41. The first kappa shape index (κ1) is 14.2. The molecule has 1 aromatic rings. The van der Waals surface area contributed by atoms with Crippen molar-refractivity contribution in [2.75, 3.05) is 13.1 Å². The Labute approximate surface area is 124 Å². The van der Waals surface area contributed by atoms with Crippen LogP contribution < -0.4 is 5.32 Å². The van der Waals surface area contributed by atoms with Crippen LogP contribution in [0, 0.1) is 5.92 Å². The second kappa shape index (κ2) is 6.33. The number of hydrogen-bond donors (Lipinski definition) is 1. The van der Waals surface area contributed by atoms with Gasteiger partial charge in [0, 0.05) is 13.0 Å². The van der Waals surface area contributed by atoms with Gasteiger partial charge in [-0.05, 0) is 30.9 Å². The Morgan fingerprint density at radius 1 is 1.24 bits per heavy atom. The highest BCUT2D eigenvalue weighted by atomic mass is 16.3. The molecule has 1 atom stereocenters. The average molecular weight is 290 g/mol. The second-order valence-corrected chi connectivity index (χ2v) is 6.03. The van der Waals surface area contributed by atoms with Gasteiger partial charge in [-0.2, -0.15) is 0 Å². The average Bonchev–Trinajstić information content (AvgIpc) is 3.02. The van der Waals surface area contributed by atoms with Crippen LogP contribution in [0.3, 0.4) is 0 Å². The van der Waals surface area contributed by atoms with Gasteiger partial charge in [-0.3, -0.25) is 9.59 Å². The summed E-state index contributed by atoms with van der Waals surface area (Å²) in [5, 5.41) is 2.91. The van der Waals surface area contributed by atoms with Gasteiger partial charge in [0.2, 0.25) is 11.8 Å².